The number of thiophene rings is 1. The second-order valence-electron chi connectivity index (χ2n) is 7.70. The lowest BCUT2D eigenvalue weighted by atomic mass is 10.1. The van der Waals surface area contributed by atoms with Crippen LogP contribution in [0.15, 0.2) is 58.5 Å². The van der Waals surface area contributed by atoms with Gasteiger partial charge in [-0.3, -0.25) is 14.3 Å². The molecule has 2 aromatic carbocycles. The van der Waals surface area contributed by atoms with Gasteiger partial charge < -0.3 is 0 Å². The van der Waals surface area contributed by atoms with Crippen molar-refractivity contribution in [2.75, 3.05) is 13.1 Å². The summed E-state index contributed by atoms with van der Waals surface area (Å²) in [5.41, 5.74) is 2.96. The summed E-state index contributed by atoms with van der Waals surface area (Å²) in [6.45, 7) is 5.06. The van der Waals surface area contributed by atoms with Gasteiger partial charge in [-0.25, -0.2) is 4.98 Å². The second kappa shape index (κ2) is 9.20. The molecule has 32 heavy (non-hydrogen) atoms. The number of rotatable bonds is 5. The fourth-order valence-corrected chi connectivity index (χ4v) is 6.90. The van der Waals surface area contributed by atoms with Gasteiger partial charge in [0.05, 0.1) is 11.1 Å². The van der Waals surface area contributed by atoms with E-state index in [1.54, 1.807) is 22.0 Å². The summed E-state index contributed by atoms with van der Waals surface area (Å²) in [6.07, 6.45) is 0.891. The Balaban J connectivity index is 1.63. The molecular formula is C24H21Cl2N3OS2. The Kier molecular flexibility index (Phi) is 6.32. The number of nitrogens with zero attached hydrogens (tertiary/aromatic N) is 3. The zero-order valence-electron chi connectivity index (χ0n) is 17.5. The summed E-state index contributed by atoms with van der Waals surface area (Å²) < 4.78 is 1.75. The lowest BCUT2D eigenvalue weighted by molar-refractivity contribution is 0.272. The molecule has 0 aliphatic carbocycles. The molecule has 0 amide bonds. The van der Waals surface area contributed by atoms with E-state index in [4.69, 9.17) is 28.2 Å². The molecule has 0 saturated heterocycles. The van der Waals surface area contributed by atoms with Crippen LogP contribution >= 0.6 is 46.3 Å². The SMILES string of the molecule is CCN1CCc2c(sc3nc(SCc4ccc(Cl)cc4Cl)n(-c4ccccc4)c(=O)c23)C1. The lowest BCUT2D eigenvalue weighted by Gasteiger charge is -2.25. The molecule has 0 spiro atoms. The van der Waals surface area contributed by atoms with E-state index in [0.717, 1.165) is 47.5 Å². The molecule has 0 saturated carbocycles. The molecule has 4 nitrogen and oxygen atoms in total. The van der Waals surface area contributed by atoms with Crippen molar-refractivity contribution in [2.24, 2.45) is 0 Å². The Morgan fingerprint density at radius 3 is 2.72 bits per heavy atom. The Morgan fingerprint density at radius 1 is 1.16 bits per heavy atom. The molecule has 2 aromatic heterocycles. The first-order valence-electron chi connectivity index (χ1n) is 10.5. The van der Waals surface area contributed by atoms with E-state index in [-0.39, 0.29) is 5.56 Å². The quantitative estimate of drug-likeness (QED) is 0.233. The molecule has 0 N–H and O–H groups in total. The zero-order chi connectivity index (χ0) is 22.2. The number of hydrogen-bond acceptors (Lipinski definition) is 5. The van der Waals surface area contributed by atoms with Crippen LogP contribution in [0.3, 0.4) is 0 Å². The lowest BCUT2D eigenvalue weighted by Crippen LogP contribution is -2.30. The summed E-state index contributed by atoms with van der Waals surface area (Å²) in [5.74, 6) is 0.593. The summed E-state index contributed by atoms with van der Waals surface area (Å²) in [6, 6.07) is 15.2. The summed E-state index contributed by atoms with van der Waals surface area (Å²) in [7, 11) is 0. The van der Waals surface area contributed by atoms with Crippen LogP contribution in [0, 0.1) is 0 Å². The number of hydrogen-bond donors (Lipinski definition) is 0. The number of aromatic nitrogens is 2. The van der Waals surface area contributed by atoms with Crippen LogP contribution in [0.25, 0.3) is 15.9 Å². The first-order valence-corrected chi connectivity index (χ1v) is 13.0. The molecule has 4 aromatic rings. The number of halogens is 2. The van der Waals surface area contributed by atoms with Gasteiger partial charge in [0, 0.05) is 33.8 Å². The Labute approximate surface area is 204 Å². The molecule has 0 radical (unpaired) electrons. The first kappa shape index (κ1) is 22.0. The molecule has 0 unspecified atom stereocenters. The van der Waals surface area contributed by atoms with Gasteiger partial charge in [-0.05, 0) is 48.4 Å². The van der Waals surface area contributed by atoms with Gasteiger partial charge >= 0.3 is 0 Å². The van der Waals surface area contributed by atoms with Crippen LogP contribution in [0.2, 0.25) is 10.0 Å². The van der Waals surface area contributed by atoms with Crippen LogP contribution in [0.1, 0.15) is 22.9 Å². The van der Waals surface area contributed by atoms with Crippen LogP contribution in [-0.4, -0.2) is 27.5 Å². The standard InChI is InChI=1S/C24H21Cl2N3OS2/c1-2-28-11-10-18-20(13-28)32-22-21(18)23(30)29(17-6-4-3-5-7-17)24(27-22)31-14-15-8-9-16(25)12-19(15)26/h3-9,12H,2,10-11,13-14H2,1H3. The van der Waals surface area contributed by atoms with Gasteiger partial charge in [-0.2, -0.15) is 0 Å². The fourth-order valence-electron chi connectivity index (χ4n) is 4.03. The maximum absolute atomic E-state index is 13.8. The predicted molar refractivity (Wildman–Crippen MR) is 136 cm³/mol. The van der Waals surface area contributed by atoms with Crippen molar-refractivity contribution in [3.8, 4) is 5.69 Å². The van der Waals surface area contributed by atoms with Crippen molar-refractivity contribution < 1.29 is 0 Å². The van der Waals surface area contributed by atoms with Crippen molar-refractivity contribution in [3.05, 3.63) is 84.9 Å². The van der Waals surface area contributed by atoms with E-state index < -0.39 is 0 Å². The van der Waals surface area contributed by atoms with Crippen molar-refractivity contribution in [1.29, 1.82) is 0 Å². The number of fused-ring (bicyclic) bond motifs is 3. The van der Waals surface area contributed by atoms with Crippen LogP contribution in [0.4, 0.5) is 0 Å². The molecule has 164 valence electrons. The van der Waals surface area contributed by atoms with E-state index in [2.05, 4.69) is 11.8 Å². The van der Waals surface area contributed by atoms with Crippen LogP contribution in [0.5, 0.6) is 0 Å². The van der Waals surface area contributed by atoms with Crippen molar-refractivity contribution in [1.82, 2.24) is 14.5 Å². The highest BCUT2D eigenvalue weighted by atomic mass is 35.5. The third-order valence-corrected chi connectivity index (χ3v) is 8.44. The summed E-state index contributed by atoms with van der Waals surface area (Å²) in [4.78, 5) is 23.3. The molecular weight excluding hydrogens is 481 g/mol. The molecule has 0 fully saturated rings. The van der Waals surface area contributed by atoms with Crippen molar-refractivity contribution in [3.63, 3.8) is 0 Å². The normalized spacial score (nSPS) is 14.1. The summed E-state index contributed by atoms with van der Waals surface area (Å²) in [5, 5.41) is 2.67. The van der Waals surface area contributed by atoms with E-state index in [0.29, 0.717) is 21.0 Å². The fraction of sp³-hybridized carbons (Fsp3) is 0.250. The van der Waals surface area contributed by atoms with Crippen LogP contribution < -0.4 is 5.56 Å². The number of thioether (sulfide) groups is 1. The van der Waals surface area contributed by atoms with E-state index in [9.17, 15) is 4.79 Å². The van der Waals surface area contributed by atoms with Crippen LogP contribution in [-0.2, 0) is 18.7 Å². The van der Waals surface area contributed by atoms with Gasteiger partial charge in [0.2, 0.25) is 0 Å². The van der Waals surface area contributed by atoms with E-state index >= 15 is 0 Å². The molecule has 8 heteroatoms. The second-order valence-corrected chi connectivity index (χ2v) is 10.6. The number of para-hydroxylation sites is 1. The minimum atomic E-state index is 0.00773. The average Bonchev–Trinajstić information content (AvgIpc) is 3.16. The topological polar surface area (TPSA) is 38.1 Å². The minimum Gasteiger partial charge on any atom is -0.298 e. The molecule has 3 heterocycles. The smallest absolute Gasteiger partial charge is 0.267 e. The summed E-state index contributed by atoms with van der Waals surface area (Å²) >= 11 is 15.6. The molecule has 0 atom stereocenters. The van der Waals surface area contributed by atoms with E-state index in [1.165, 1.54) is 22.2 Å². The highest BCUT2D eigenvalue weighted by Crippen LogP contribution is 2.35. The van der Waals surface area contributed by atoms with Gasteiger partial charge in [-0.15, -0.1) is 11.3 Å². The maximum atomic E-state index is 13.8. The maximum Gasteiger partial charge on any atom is 0.267 e. The first-order chi connectivity index (χ1) is 15.5. The Morgan fingerprint density at radius 2 is 1.97 bits per heavy atom. The molecule has 5 rings (SSSR count). The average molecular weight is 502 g/mol. The third-order valence-electron chi connectivity index (χ3n) is 5.76. The van der Waals surface area contributed by atoms with Gasteiger partial charge in [0.25, 0.3) is 5.56 Å². The minimum absolute atomic E-state index is 0.00773. The third kappa shape index (κ3) is 4.11. The van der Waals surface area contributed by atoms with Gasteiger partial charge in [-0.1, -0.05) is 66.2 Å². The highest BCUT2D eigenvalue weighted by molar-refractivity contribution is 7.98. The van der Waals surface area contributed by atoms with Gasteiger partial charge in [0.1, 0.15) is 4.83 Å². The molecule has 1 aliphatic heterocycles. The molecule has 1 aliphatic rings. The Bertz CT molecular complexity index is 1350. The molecule has 0 bridgehead atoms. The van der Waals surface area contributed by atoms with Crippen molar-refractivity contribution >= 4 is 56.5 Å². The largest absolute Gasteiger partial charge is 0.298 e. The predicted octanol–water partition coefficient (Wildman–Crippen LogP) is 6.42. The van der Waals surface area contributed by atoms with Crippen molar-refractivity contribution in [2.45, 2.75) is 30.8 Å². The highest BCUT2D eigenvalue weighted by Gasteiger charge is 2.25. The Hall–Kier alpha value is -1.83. The van der Waals surface area contributed by atoms with Gasteiger partial charge in [0.15, 0.2) is 5.16 Å². The number of benzene rings is 2. The number of likely N-dealkylation sites (N-methyl/N-ethyl adjacent to an activating group) is 1. The monoisotopic (exact) mass is 501 g/mol. The zero-order valence-corrected chi connectivity index (χ0v) is 20.6. The van der Waals surface area contributed by atoms with E-state index in [1.807, 2.05) is 42.5 Å².